The van der Waals surface area contributed by atoms with E-state index in [2.05, 4.69) is 4.90 Å². The van der Waals surface area contributed by atoms with Gasteiger partial charge in [0, 0.05) is 31.9 Å². The first-order valence-electron chi connectivity index (χ1n) is 8.54. The van der Waals surface area contributed by atoms with Crippen LogP contribution in [-0.4, -0.2) is 45.0 Å². The molecule has 6 heteroatoms. The molecule has 25 heavy (non-hydrogen) atoms. The van der Waals surface area contributed by atoms with Gasteiger partial charge in [0.1, 0.15) is 5.75 Å². The van der Waals surface area contributed by atoms with Gasteiger partial charge in [-0.2, -0.15) is 4.31 Å². The van der Waals surface area contributed by atoms with Crippen molar-refractivity contribution in [2.75, 3.05) is 31.1 Å². The molecule has 2 aromatic rings. The number of sulfonamides is 1. The Labute approximate surface area is 149 Å². The van der Waals surface area contributed by atoms with E-state index in [9.17, 15) is 8.42 Å². The minimum atomic E-state index is -3.40. The fraction of sp³-hybridized carbons (Fsp3) is 0.368. The van der Waals surface area contributed by atoms with Crippen molar-refractivity contribution < 1.29 is 13.2 Å². The Morgan fingerprint density at radius 1 is 0.880 bits per heavy atom. The fourth-order valence-corrected chi connectivity index (χ4v) is 4.38. The number of benzene rings is 2. The molecule has 0 amide bonds. The number of ether oxygens (including phenoxy) is 1. The van der Waals surface area contributed by atoms with E-state index in [1.807, 2.05) is 44.2 Å². The second-order valence-electron chi connectivity index (χ2n) is 6.36. The maximum atomic E-state index is 12.7. The zero-order valence-corrected chi connectivity index (χ0v) is 15.4. The first-order valence-corrected chi connectivity index (χ1v) is 9.98. The molecular formula is C19H24N2O3S. The van der Waals surface area contributed by atoms with Gasteiger partial charge in [-0.25, -0.2) is 8.42 Å². The molecule has 0 saturated carbocycles. The molecule has 1 aliphatic heterocycles. The summed E-state index contributed by atoms with van der Waals surface area (Å²) in [5.41, 5.74) is 1.09. The normalized spacial score (nSPS) is 16.2. The third kappa shape index (κ3) is 4.14. The van der Waals surface area contributed by atoms with Crippen LogP contribution in [0, 0.1) is 0 Å². The lowest BCUT2D eigenvalue weighted by atomic mass is 10.2. The molecule has 0 aliphatic carbocycles. The number of anilines is 1. The summed E-state index contributed by atoms with van der Waals surface area (Å²) in [7, 11) is -3.40. The number of piperazine rings is 1. The van der Waals surface area contributed by atoms with Crippen LogP contribution < -0.4 is 9.64 Å². The van der Waals surface area contributed by atoms with Crippen molar-refractivity contribution in [3.8, 4) is 5.75 Å². The van der Waals surface area contributed by atoms with Crippen molar-refractivity contribution in [1.82, 2.24) is 4.31 Å². The minimum Gasteiger partial charge on any atom is -0.491 e. The van der Waals surface area contributed by atoms with E-state index in [4.69, 9.17) is 4.74 Å². The molecule has 0 N–H and O–H groups in total. The molecule has 0 radical (unpaired) electrons. The topological polar surface area (TPSA) is 49.9 Å². The summed E-state index contributed by atoms with van der Waals surface area (Å²) in [6.45, 7) is 6.33. The Morgan fingerprint density at radius 3 is 2.04 bits per heavy atom. The number of nitrogens with zero attached hydrogens (tertiary/aromatic N) is 2. The lowest BCUT2D eigenvalue weighted by Crippen LogP contribution is -2.48. The van der Waals surface area contributed by atoms with Gasteiger partial charge in [0.15, 0.2) is 0 Å². The van der Waals surface area contributed by atoms with Gasteiger partial charge >= 0.3 is 0 Å². The van der Waals surface area contributed by atoms with Crippen molar-refractivity contribution in [3.05, 3.63) is 54.6 Å². The maximum absolute atomic E-state index is 12.7. The van der Waals surface area contributed by atoms with Crippen LogP contribution in [0.2, 0.25) is 0 Å². The smallest absolute Gasteiger partial charge is 0.243 e. The Bertz CT molecular complexity index is 781. The lowest BCUT2D eigenvalue weighted by molar-refractivity contribution is 0.242. The predicted molar refractivity (Wildman–Crippen MR) is 99.6 cm³/mol. The molecule has 5 nitrogen and oxygen atoms in total. The monoisotopic (exact) mass is 360 g/mol. The molecule has 1 fully saturated rings. The zero-order chi connectivity index (χ0) is 17.9. The SMILES string of the molecule is CC(C)Oc1ccc(N2CCN(S(=O)(=O)c3ccccc3)CC2)cc1. The Morgan fingerprint density at radius 2 is 1.48 bits per heavy atom. The van der Waals surface area contributed by atoms with Gasteiger partial charge in [0.25, 0.3) is 0 Å². The minimum absolute atomic E-state index is 0.151. The van der Waals surface area contributed by atoms with Crippen LogP contribution in [0.1, 0.15) is 13.8 Å². The number of rotatable bonds is 5. The first kappa shape index (κ1) is 17.8. The predicted octanol–water partition coefficient (Wildman–Crippen LogP) is 2.98. The van der Waals surface area contributed by atoms with Gasteiger partial charge in [-0.15, -0.1) is 0 Å². The largest absolute Gasteiger partial charge is 0.491 e. The van der Waals surface area contributed by atoms with Gasteiger partial charge in [-0.1, -0.05) is 18.2 Å². The van der Waals surface area contributed by atoms with Gasteiger partial charge in [0.05, 0.1) is 11.0 Å². The maximum Gasteiger partial charge on any atom is 0.243 e. The third-order valence-electron chi connectivity index (χ3n) is 4.19. The summed E-state index contributed by atoms with van der Waals surface area (Å²) < 4.78 is 32.6. The molecule has 1 saturated heterocycles. The Balaban J connectivity index is 1.64. The quantitative estimate of drug-likeness (QED) is 0.822. The molecular weight excluding hydrogens is 336 g/mol. The Kier molecular flexibility index (Phi) is 5.30. The van der Waals surface area contributed by atoms with Crippen LogP contribution in [0.25, 0.3) is 0 Å². The van der Waals surface area contributed by atoms with Crippen LogP contribution >= 0.6 is 0 Å². The van der Waals surface area contributed by atoms with E-state index in [1.54, 1.807) is 28.6 Å². The second-order valence-corrected chi connectivity index (χ2v) is 8.30. The highest BCUT2D eigenvalue weighted by molar-refractivity contribution is 7.89. The van der Waals surface area contributed by atoms with Crippen molar-refractivity contribution in [1.29, 1.82) is 0 Å². The Hall–Kier alpha value is -2.05. The highest BCUT2D eigenvalue weighted by Crippen LogP contribution is 2.23. The molecule has 1 heterocycles. The standard InChI is InChI=1S/C19H24N2O3S/c1-16(2)24-18-10-8-17(9-11-18)20-12-14-21(15-13-20)25(22,23)19-6-4-3-5-7-19/h3-11,16H,12-15H2,1-2H3. The summed E-state index contributed by atoms with van der Waals surface area (Å²) in [6, 6.07) is 16.6. The number of hydrogen-bond donors (Lipinski definition) is 0. The van der Waals surface area contributed by atoms with E-state index in [-0.39, 0.29) is 6.10 Å². The molecule has 1 aliphatic rings. The van der Waals surface area contributed by atoms with E-state index in [0.717, 1.165) is 11.4 Å². The zero-order valence-electron chi connectivity index (χ0n) is 14.6. The van der Waals surface area contributed by atoms with E-state index < -0.39 is 10.0 Å². The summed E-state index contributed by atoms with van der Waals surface area (Å²) in [5.74, 6) is 0.851. The number of hydrogen-bond acceptors (Lipinski definition) is 4. The molecule has 0 spiro atoms. The van der Waals surface area contributed by atoms with E-state index in [0.29, 0.717) is 31.1 Å². The summed E-state index contributed by atoms with van der Waals surface area (Å²) in [6.07, 6.45) is 0.151. The molecule has 0 atom stereocenters. The summed E-state index contributed by atoms with van der Waals surface area (Å²) >= 11 is 0. The molecule has 0 bridgehead atoms. The van der Waals surface area contributed by atoms with Gasteiger partial charge in [0.2, 0.25) is 10.0 Å². The van der Waals surface area contributed by atoms with Crippen LogP contribution in [-0.2, 0) is 10.0 Å². The molecule has 2 aromatic carbocycles. The van der Waals surface area contributed by atoms with Crippen molar-refractivity contribution in [3.63, 3.8) is 0 Å². The highest BCUT2D eigenvalue weighted by atomic mass is 32.2. The first-order chi connectivity index (χ1) is 12.0. The van der Waals surface area contributed by atoms with E-state index in [1.165, 1.54) is 0 Å². The summed E-state index contributed by atoms with van der Waals surface area (Å²) in [5, 5.41) is 0. The average Bonchev–Trinajstić information content (AvgIpc) is 2.63. The van der Waals surface area contributed by atoms with Crippen LogP contribution in [0.4, 0.5) is 5.69 Å². The van der Waals surface area contributed by atoms with Crippen LogP contribution in [0.15, 0.2) is 59.5 Å². The third-order valence-corrected chi connectivity index (χ3v) is 6.11. The van der Waals surface area contributed by atoms with Crippen LogP contribution in [0.5, 0.6) is 5.75 Å². The van der Waals surface area contributed by atoms with E-state index >= 15 is 0 Å². The van der Waals surface area contributed by atoms with Gasteiger partial charge < -0.3 is 9.64 Å². The second kappa shape index (κ2) is 7.45. The molecule has 0 unspecified atom stereocenters. The van der Waals surface area contributed by atoms with Gasteiger partial charge in [-0.05, 0) is 50.2 Å². The molecule has 3 rings (SSSR count). The van der Waals surface area contributed by atoms with Crippen molar-refractivity contribution >= 4 is 15.7 Å². The van der Waals surface area contributed by atoms with Gasteiger partial charge in [-0.3, -0.25) is 0 Å². The molecule has 134 valence electrons. The molecule has 0 aromatic heterocycles. The van der Waals surface area contributed by atoms with Crippen molar-refractivity contribution in [2.24, 2.45) is 0 Å². The van der Waals surface area contributed by atoms with Crippen LogP contribution in [0.3, 0.4) is 0 Å². The average molecular weight is 360 g/mol. The highest BCUT2D eigenvalue weighted by Gasteiger charge is 2.28. The van der Waals surface area contributed by atoms with Crippen molar-refractivity contribution in [2.45, 2.75) is 24.8 Å². The lowest BCUT2D eigenvalue weighted by Gasteiger charge is -2.35. The summed E-state index contributed by atoms with van der Waals surface area (Å²) in [4.78, 5) is 2.56. The fourth-order valence-electron chi connectivity index (χ4n) is 2.94.